The molecule has 1 atom stereocenters. The van der Waals surface area contributed by atoms with Gasteiger partial charge in [0.05, 0.1) is 18.8 Å². The molecule has 0 bridgehead atoms. The predicted molar refractivity (Wildman–Crippen MR) is 104 cm³/mol. The number of rotatable bonds is 5. The van der Waals surface area contributed by atoms with Crippen molar-refractivity contribution in [3.8, 4) is 0 Å². The first-order chi connectivity index (χ1) is 13.6. The molecular weight excluding hydrogens is 357 g/mol. The highest BCUT2D eigenvalue weighted by atomic mass is 19.1. The van der Waals surface area contributed by atoms with Crippen LogP contribution in [0.3, 0.4) is 0 Å². The van der Waals surface area contributed by atoms with Crippen LogP contribution in [0.25, 0.3) is 0 Å². The molecule has 3 aromatic rings. The molecule has 1 aliphatic heterocycles. The van der Waals surface area contributed by atoms with Crippen molar-refractivity contribution in [3.63, 3.8) is 0 Å². The third-order valence-electron chi connectivity index (χ3n) is 4.93. The van der Waals surface area contributed by atoms with E-state index in [2.05, 4.69) is 28.7 Å². The van der Waals surface area contributed by atoms with Gasteiger partial charge in [-0.15, -0.1) is 0 Å². The molecule has 1 aliphatic rings. The summed E-state index contributed by atoms with van der Waals surface area (Å²) in [6.45, 7) is 3.24. The van der Waals surface area contributed by atoms with Gasteiger partial charge in [-0.05, 0) is 42.2 Å². The van der Waals surface area contributed by atoms with Gasteiger partial charge in [0.1, 0.15) is 11.9 Å². The maximum Gasteiger partial charge on any atom is 0.251 e. The Labute approximate surface area is 163 Å². The lowest BCUT2D eigenvalue weighted by Crippen LogP contribution is -2.32. The number of amides is 1. The average Bonchev–Trinajstić information content (AvgIpc) is 3.12. The lowest BCUT2D eigenvalue weighted by atomic mass is 10.1. The second-order valence-corrected chi connectivity index (χ2v) is 7.01. The topological polar surface area (TPSA) is 56.1 Å². The van der Waals surface area contributed by atoms with Gasteiger partial charge < -0.3 is 10.1 Å². The van der Waals surface area contributed by atoms with Gasteiger partial charge in [0, 0.05) is 18.3 Å². The van der Waals surface area contributed by atoms with Crippen molar-refractivity contribution >= 4 is 5.91 Å². The van der Waals surface area contributed by atoms with E-state index in [4.69, 9.17) is 4.74 Å². The Morgan fingerprint density at radius 2 is 2.11 bits per heavy atom. The van der Waals surface area contributed by atoms with Crippen LogP contribution in [0.2, 0.25) is 0 Å². The van der Waals surface area contributed by atoms with Gasteiger partial charge in [0.15, 0.2) is 0 Å². The standard InChI is InChI=1S/C22H22FN3O2/c1-15-7-8-17(11-19(15)23)22(27)24-12-20-21-18(9-10-28-20)14-26(25-21)13-16-5-3-2-4-6-16/h2-8,11,14,20H,9-10,12-13H2,1H3,(H,24,27)/t20-/m1/s1. The van der Waals surface area contributed by atoms with E-state index in [1.807, 2.05) is 22.9 Å². The Morgan fingerprint density at radius 3 is 2.89 bits per heavy atom. The number of carbonyl (C=O) groups is 1. The molecule has 144 valence electrons. The maximum atomic E-state index is 13.7. The number of carbonyl (C=O) groups excluding carboxylic acids is 1. The normalized spacial score (nSPS) is 15.9. The number of nitrogens with one attached hydrogen (secondary N) is 1. The smallest absolute Gasteiger partial charge is 0.251 e. The molecule has 5 nitrogen and oxygen atoms in total. The summed E-state index contributed by atoms with van der Waals surface area (Å²) < 4.78 is 21.4. The molecule has 0 saturated carbocycles. The first kappa shape index (κ1) is 18.4. The number of ether oxygens (including phenoxy) is 1. The van der Waals surface area contributed by atoms with Gasteiger partial charge >= 0.3 is 0 Å². The number of benzene rings is 2. The van der Waals surface area contributed by atoms with Gasteiger partial charge in [-0.2, -0.15) is 5.10 Å². The molecule has 0 aliphatic carbocycles. The zero-order valence-corrected chi connectivity index (χ0v) is 15.7. The minimum atomic E-state index is -0.386. The predicted octanol–water partition coefficient (Wildman–Crippen LogP) is 3.42. The van der Waals surface area contributed by atoms with Crippen molar-refractivity contribution in [1.29, 1.82) is 0 Å². The van der Waals surface area contributed by atoms with Crippen molar-refractivity contribution in [2.24, 2.45) is 0 Å². The van der Waals surface area contributed by atoms with Crippen LogP contribution in [-0.2, 0) is 17.7 Å². The maximum absolute atomic E-state index is 13.7. The number of halogens is 1. The van der Waals surface area contributed by atoms with Crippen LogP contribution in [0, 0.1) is 12.7 Å². The molecular formula is C22H22FN3O2. The molecule has 2 aromatic carbocycles. The van der Waals surface area contributed by atoms with Gasteiger partial charge in [0.2, 0.25) is 0 Å². The SMILES string of the molecule is Cc1ccc(C(=O)NC[C@H]2OCCc3cn(Cc4ccccc4)nc32)cc1F. The van der Waals surface area contributed by atoms with E-state index in [1.54, 1.807) is 19.1 Å². The fourth-order valence-corrected chi connectivity index (χ4v) is 3.36. The second-order valence-electron chi connectivity index (χ2n) is 7.01. The van der Waals surface area contributed by atoms with Crippen molar-refractivity contribution in [1.82, 2.24) is 15.1 Å². The molecule has 0 fully saturated rings. The average molecular weight is 379 g/mol. The molecule has 1 N–H and O–H groups in total. The minimum Gasteiger partial charge on any atom is -0.370 e. The fraction of sp³-hybridized carbons (Fsp3) is 0.273. The van der Waals surface area contributed by atoms with Gasteiger partial charge in [-0.3, -0.25) is 9.48 Å². The molecule has 28 heavy (non-hydrogen) atoms. The summed E-state index contributed by atoms with van der Waals surface area (Å²) >= 11 is 0. The van der Waals surface area contributed by atoms with Gasteiger partial charge in [-0.1, -0.05) is 36.4 Å². The van der Waals surface area contributed by atoms with E-state index in [9.17, 15) is 9.18 Å². The largest absolute Gasteiger partial charge is 0.370 e. The molecule has 1 amide bonds. The summed E-state index contributed by atoms with van der Waals surface area (Å²) in [6.07, 6.45) is 2.55. The highest BCUT2D eigenvalue weighted by molar-refractivity contribution is 5.94. The zero-order chi connectivity index (χ0) is 19.5. The third kappa shape index (κ3) is 3.97. The molecule has 6 heteroatoms. The Kier molecular flexibility index (Phi) is 5.21. The lowest BCUT2D eigenvalue weighted by molar-refractivity contribution is 0.0383. The van der Waals surface area contributed by atoms with Crippen LogP contribution < -0.4 is 5.32 Å². The minimum absolute atomic E-state index is 0.295. The highest BCUT2D eigenvalue weighted by Crippen LogP contribution is 2.25. The Morgan fingerprint density at radius 1 is 1.29 bits per heavy atom. The van der Waals surface area contributed by atoms with E-state index in [0.29, 0.717) is 30.8 Å². The quantitative estimate of drug-likeness (QED) is 0.739. The van der Waals surface area contributed by atoms with E-state index in [-0.39, 0.29) is 17.8 Å². The molecule has 0 saturated heterocycles. The summed E-state index contributed by atoms with van der Waals surface area (Å²) in [5, 5.41) is 7.52. The van der Waals surface area contributed by atoms with Crippen molar-refractivity contribution < 1.29 is 13.9 Å². The summed E-state index contributed by atoms with van der Waals surface area (Å²) in [7, 11) is 0. The number of aromatic nitrogens is 2. The Balaban J connectivity index is 1.44. The Bertz CT molecular complexity index is 985. The van der Waals surface area contributed by atoms with E-state index < -0.39 is 0 Å². The summed E-state index contributed by atoms with van der Waals surface area (Å²) in [5.74, 6) is -0.707. The zero-order valence-electron chi connectivity index (χ0n) is 15.7. The molecule has 1 aromatic heterocycles. The monoisotopic (exact) mass is 379 g/mol. The van der Waals surface area contributed by atoms with Crippen molar-refractivity contribution in [3.05, 3.63) is 88.5 Å². The number of fused-ring (bicyclic) bond motifs is 1. The van der Waals surface area contributed by atoms with Crippen molar-refractivity contribution in [2.45, 2.75) is 26.0 Å². The van der Waals surface area contributed by atoms with Crippen LogP contribution in [0.5, 0.6) is 0 Å². The highest BCUT2D eigenvalue weighted by Gasteiger charge is 2.25. The number of hydrogen-bond acceptors (Lipinski definition) is 3. The number of nitrogens with zero attached hydrogens (tertiary/aromatic N) is 2. The van der Waals surface area contributed by atoms with E-state index in [0.717, 1.165) is 17.7 Å². The molecule has 0 radical (unpaired) electrons. The Hall–Kier alpha value is -2.99. The first-order valence-electron chi connectivity index (χ1n) is 9.36. The molecule has 2 heterocycles. The van der Waals surface area contributed by atoms with E-state index >= 15 is 0 Å². The first-order valence-corrected chi connectivity index (χ1v) is 9.36. The molecule has 0 spiro atoms. The lowest BCUT2D eigenvalue weighted by Gasteiger charge is -2.22. The van der Waals surface area contributed by atoms with Crippen LogP contribution in [-0.4, -0.2) is 28.8 Å². The second kappa shape index (κ2) is 7.94. The van der Waals surface area contributed by atoms with Crippen molar-refractivity contribution in [2.75, 3.05) is 13.2 Å². The number of aryl methyl sites for hydroxylation is 1. The van der Waals surface area contributed by atoms with Crippen LogP contribution >= 0.6 is 0 Å². The van der Waals surface area contributed by atoms with Gasteiger partial charge in [-0.25, -0.2) is 4.39 Å². The molecule has 4 rings (SSSR count). The van der Waals surface area contributed by atoms with Gasteiger partial charge in [0.25, 0.3) is 5.91 Å². The summed E-state index contributed by atoms with van der Waals surface area (Å²) in [6, 6.07) is 14.6. The van der Waals surface area contributed by atoms with Crippen LogP contribution in [0.15, 0.2) is 54.7 Å². The summed E-state index contributed by atoms with van der Waals surface area (Å²) in [5.41, 5.74) is 3.99. The molecule has 0 unspecified atom stereocenters. The van der Waals surface area contributed by atoms with Crippen LogP contribution in [0.4, 0.5) is 4.39 Å². The van der Waals surface area contributed by atoms with E-state index in [1.165, 1.54) is 11.6 Å². The fourth-order valence-electron chi connectivity index (χ4n) is 3.36. The van der Waals surface area contributed by atoms with Crippen LogP contribution in [0.1, 0.15) is 38.8 Å². The third-order valence-corrected chi connectivity index (χ3v) is 4.93. The summed E-state index contributed by atoms with van der Waals surface area (Å²) in [4.78, 5) is 12.4. The number of hydrogen-bond donors (Lipinski definition) is 1.